The molecule has 4 aromatic rings. The van der Waals surface area contributed by atoms with Crippen LogP contribution in [-0.2, 0) is 0 Å². The highest BCUT2D eigenvalue weighted by Crippen LogP contribution is 2.33. The zero-order chi connectivity index (χ0) is 22.2. The molecule has 9 heteroatoms. The van der Waals surface area contributed by atoms with Crippen molar-refractivity contribution in [2.45, 2.75) is 25.8 Å². The number of carbonyl (C=O) groups is 1. The van der Waals surface area contributed by atoms with Gasteiger partial charge in [0.2, 0.25) is 0 Å². The number of halogens is 2. The van der Waals surface area contributed by atoms with Gasteiger partial charge in [-0.2, -0.15) is 10.1 Å². The Labute approximate surface area is 187 Å². The first-order chi connectivity index (χ1) is 15.5. The largest absolute Gasteiger partial charge is 0.349 e. The van der Waals surface area contributed by atoms with E-state index in [4.69, 9.17) is 4.98 Å². The standard InChI is InChI=1S/C23H21F2N5OS/c1-14-20-21(30(28-14)19-8-6-17(25)7-9-19)27-23(32-20)29-12-10-18(11-13-29)26-22(31)15-2-4-16(24)5-3-15/h2-9,18H,10-13H2,1H3,(H,26,31). The number of nitrogens with zero attached hydrogens (tertiary/aromatic N) is 4. The molecule has 0 aliphatic carbocycles. The Morgan fingerprint density at radius 2 is 1.66 bits per heavy atom. The third kappa shape index (κ3) is 3.95. The number of anilines is 1. The average Bonchev–Trinajstić information content (AvgIpc) is 3.36. The first-order valence-corrected chi connectivity index (χ1v) is 11.2. The van der Waals surface area contributed by atoms with Crippen LogP contribution < -0.4 is 10.2 Å². The minimum Gasteiger partial charge on any atom is -0.349 e. The van der Waals surface area contributed by atoms with Gasteiger partial charge in [0.05, 0.1) is 16.1 Å². The number of benzene rings is 2. The van der Waals surface area contributed by atoms with E-state index in [0.29, 0.717) is 5.56 Å². The van der Waals surface area contributed by atoms with Gasteiger partial charge in [0, 0.05) is 24.7 Å². The Morgan fingerprint density at radius 1 is 1.03 bits per heavy atom. The molecule has 164 valence electrons. The Hall–Kier alpha value is -3.33. The van der Waals surface area contributed by atoms with Gasteiger partial charge in [-0.15, -0.1) is 0 Å². The van der Waals surface area contributed by atoms with Crippen molar-refractivity contribution in [3.8, 4) is 5.69 Å². The van der Waals surface area contributed by atoms with Crippen molar-refractivity contribution in [1.82, 2.24) is 20.1 Å². The van der Waals surface area contributed by atoms with Gasteiger partial charge in [-0.1, -0.05) is 11.3 Å². The van der Waals surface area contributed by atoms with Crippen LogP contribution in [0.3, 0.4) is 0 Å². The molecule has 0 spiro atoms. The second kappa shape index (κ2) is 8.31. The van der Waals surface area contributed by atoms with Gasteiger partial charge < -0.3 is 10.2 Å². The third-order valence-electron chi connectivity index (χ3n) is 5.66. The third-order valence-corrected chi connectivity index (χ3v) is 6.87. The molecule has 1 aliphatic heterocycles. The Morgan fingerprint density at radius 3 is 2.31 bits per heavy atom. The average molecular weight is 454 g/mol. The van der Waals surface area contributed by atoms with E-state index in [2.05, 4.69) is 15.3 Å². The topological polar surface area (TPSA) is 63.1 Å². The summed E-state index contributed by atoms with van der Waals surface area (Å²) in [5, 5.41) is 8.53. The first-order valence-electron chi connectivity index (χ1n) is 10.4. The minimum atomic E-state index is -0.358. The summed E-state index contributed by atoms with van der Waals surface area (Å²) in [5.74, 6) is -0.829. The predicted octanol–water partition coefficient (Wildman–Crippen LogP) is 4.47. The maximum atomic E-state index is 13.3. The highest BCUT2D eigenvalue weighted by atomic mass is 32.1. The summed E-state index contributed by atoms with van der Waals surface area (Å²) < 4.78 is 29.1. The molecule has 6 nitrogen and oxygen atoms in total. The van der Waals surface area contributed by atoms with Gasteiger partial charge in [0.25, 0.3) is 5.91 Å². The molecule has 1 N–H and O–H groups in total. The van der Waals surface area contributed by atoms with Gasteiger partial charge >= 0.3 is 0 Å². The van der Waals surface area contributed by atoms with Crippen LogP contribution >= 0.6 is 11.3 Å². The van der Waals surface area contributed by atoms with E-state index >= 15 is 0 Å². The molecule has 1 amide bonds. The summed E-state index contributed by atoms with van der Waals surface area (Å²) in [6, 6.07) is 11.8. The van der Waals surface area contributed by atoms with Crippen LogP contribution in [0.25, 0.3) is 16.0 Å². The van der Waals surface area contributed by atoms with E-state index in [-0.39, 0.29) is 23.6 Å². The van der Waals surface area contributed by atoms with Crippen LogP contribution in [0.1, 0.15) is 28.9 Å². The highest BCUT2D eigenvalue weighted by Gasteiger charge is 2.25. The summed E-state index contributed by atoms with van der Waals surface area (Å²) in [5.41, 5.74) is 2.87. The van der Waals surface area contributed by atoms with E-state index < -0.39 is 0 Å². The molecular weight excluding hydrogens is 432 g/mol. The van der Waals surface area contributed by atoms with E-state index in [1.807, 2.05) is 6.92 Å². The molecule has 0 unspecified atom stereocenters. The van der Waals surface area contributed by atoms with E-state index in [0.717, 1.165) is 52.8 Å². The molecule has 0 bridgehead atoms. The second-order valence-corrected chi connectivity index (χ2v) is 8.84. The lowest BCUT2D eigenvalue weighted by molar-refractivity contribution is 0.0931. The van der Waals surface area contributed by atoms with Gasteiger partial charge in [-0.3, -0.25) is 4.79 Å². The lowest BCUT2D eigenvalue weighted by atomic mass is 10.0. The summed E-state index contributed by atoms with van der Waals surface area (Å²) in [6.45, 7) is 3.49. The van der Waals surface area contributed by atoms with Crippen LogP contribution in [0.15, 0.2) is 48.5 Å². The number of piperidine rings is 1. The number of nitrogens with one attached hydrogen (secondary N) is 1. The lowest BCUT2D eigenvalue weighted by Crippen LogP contribution is -2.44. The number of hydrogen-bond donors (Lipinski definition) is 1. The molecule has 3 heterocycles. The smallest absolute Gasteiger partial charge is 0.251 e. The van der Waals surface area contributed by atoms with Gasteiger partial charge in [0.1, 0.15) is 11.6 Å². The molecule has 1 aliphatic rings. The predicted molar refractivity (Wildman–Crippen MR) is 121 cm³/mol. The minimum absolute atomic E-state index is 0.0645. The molecule has 0 atom stereocenters. The van der Waals surface area contributed by atoms with Crippen LogP contribution in [0.5, 0.6) is 0 Å². The number of aromatic nitrogens is 3. The van der Waals surface area contributed by atoms with E-state index in [1.165, 1.54) is 36.4 Å². The van der Waals surface area contributed by atoms with Crippen molar-refractivity contribution in [1.29, 1.82) is 0 Å². The van der Waals surface area contributed by atoms with Crippen molar-refractivity contribution in [2.75, 3.05) is 18.0 Å². The fraction of sp³-hybridized carbons (Fsp3) is 0.261. The van der Waals surface area contributed by atoms with Crippen molar-refractivity contribution < 1.29 is 13.6 Å². The maximum absolute atomic E-state index is 13.3. The monoisotopic (exact) mass is 453 g/mol. The molecule has 0 radical (unpaired) electrons. The number of hydrogen-bond acceptors (Lipinski definition) is 5. The Balaban J connectivity index is 1.28. The summed E-state index contributed by atoms with van der Waals surface area (Å²) in [6.07, 6.45) is 1.60. The van der Waals surface area contributed by atoms with E-state index in [9.17, 15) is 13.6 Å². The molecule has 32 heavy (non-hydrogen) atoms. The van der Waals surface area contributed by atoms with Crippen molar-refractivity contribution in [3.63, 3.8) is 0 Å². The molecule has 0 saturated carbocycles. The van der Waals surface area contributed by atoms with Crippen molar-refractivity contribution in [2.24, 2.45) is 0 Å². The second-order valence-electron chi connectivity index (χ2n) is 7.86. The number of fused-ring (bicyclic) bond motifs is 1. The first kappa shape index (κ1) is 20.6. The van der Waals surface area contributed by atoms with E-state index in [1.54, 1.807) is 28.2 Å². The molecule has 2 aromatic carbocycles. The lowest BCUT2D eigenvalue weighted by Gasteiger charge is -2.32. The van der Waals surface area contributed by atoms with Crippen LogP contribution in [0.2, 0.25) is 0 Å². The summed E-state index contributed by atoms with van der Waals surface area (Å²) >= 11 is 1.60. The van der Waals surface area contributed by atoms with Crippen molar-refractivity contribution >= 4 is 32.7 Å². The number of aryl methyl sites for hydroxylation is 1. The number of carbonyl (C=O) groups excluding carboxylic acids is 1. The molecular formula is C23H21F2N5OS. The Kier molecular flexibility index (Phi) is 5.34. The number of amides is 1. The zero-order valence-corrected chi connectivity index (χ0v) is 18.2. The quantitative estimate of drug-likeness (QED) is 0.495. The fourth-order valence-electron chi connectivity index (χ4n) is 3.91. The number of rotatable bonds is 4. The summed E-state index contributed by atoms with van der Waals surface area (Å²) in [4.78, 5) is 19.4. The summed E-state index contributed by atoms with van der Waals surface area (Å²) in [7, 11) is 0. The zero-order valence-electron chi connectivity index (χ0n) is 17.4. The molecule has 1 saturated heterocycles. The SMILES string of the molecule is Cc1nn(-c2ccc(F)cc2)c2nc(N3CCC(NC(=O)c4ccc(F)cc4)CC3)sc12. The normalized spacial score (nSPS) is 14.8. The number of thiazole rings is 1. The van der Waals surface area contributed by atoms with Crippen LogP contribution in [-0.4, -0.2) is 39.8 Å². The molecule has 1 fully saturated rings. The van der Waals surface area contributed by atoms with Gasteiger partial charge in [-0.25, -0.2) is 13.5 Å². The molecule has 2 aromatic heterocycles. The molecule has 5 rings (SSSR count). The van der Waals surface area contributed by atoms with Crippen LogP contribution in [0, 0.1) is 18.6 Å². The van der Waals surface area contributed by atoms with Crippen molar-refractivity contribution in [3.05, 3.63) is 71.4 Å². The van der Waals surface area contributed by atoms with Crippen LogP contribution in [0.4, 0.5) is 13.9 Å². The Bertz CT molecular complexity index is 1260. The highest BCUT2D eigenvalue weighted by molar-refractivity contribution is 7.22. The van der Waals surface area contributed by atoms with Gasteiger partial charge in [0.15, 0.2) is 10.8 Å². The van der Waals surface area contributed by atoms with Gasteiger partial charge in [-0.05, 0) is 68.3 Å². The fourth-order valence-corrected chi connectivity index (χ4v) is 4.94. The maximum Gasteiger partial charge on any atom is 0.251 e.